The number of aromatic amines is 1. The van der Waals surface area contributed by atoms with Crippen LogP contribution in [0.25, 0.3) is 22.3 Å². The van der Waals surface area contributed by atoms with Gasteiger partial charge >= 0.3 is 0 Å². The zero-order chi connectivity index (χ0) is 19.7. The summed E-state index contributed by atoms with van der Waals surface area (Å²) >= 11 is 3.46. The molecule has 1 unspecified atom stereocenters. The average molecular weight is 438 g/mol. The number of aliphatic hydroxyl groups is 1. The molecule has 0 fully saturated rings. The molecule has 0 spiro atoms. The molecule has 6 nitrogen and oxygen atoms in total. The maximum atomic E-state index is 11.6. The van der Waals surface area contributed by atoms with E-state index in [-0.39, 0.29) is 5.95 Å². The fourth-order valence-electron chi connectivity index (χ4n) is 3.50. The Balaban J connectivity index is 1.90. The first kappa shape index (κ1) is 18.6. The van der Waals surface area contributed by atoms with E-state index in [9.17, 15) is 5.11 Å². The highest BCUT2D eigenvalue weighted by molar-refractivity contribution is 9.10. The lowest BCUT2D eigenvalue weighted by Gasteiger charge is -2.28. The van der Waals surface area contributed by atoms with E-state index in [0.29, 0.717) is 17.8 Å². The Hall–Kier alpha value is -2.77. The number of rotatable bonds is 5. The van der Waals surface area contributed by atoms with E-state index in [1.165, 1.54) is 0 Å². The molecule has 0 bridgehead atoms. The molecular formula is C21H20BrN5O. The number of halogens is 1. The van der Waals surface area contributed by atoms with Crippen LogP contribution in [-0.2, 0) is 5.60 Å². The molecule has 4 rings (SSSR count). The molecule has 0 radical (unpaired) electrons. The Kier molecular flexibility index (Phi) is 4.87. The summed E-state index contributed by atoms with van der Waals surface area (Å²) in [5.41, 5.74) is 8.31. The third kappa shape index (κ3) is 3.27. The molecule has 0 saturated carbocycles. The number of nitrogen functional groups attached to an aromatic ring is 1. The number of benzene rings is 1. The fourth-order valence-corrected chi connectivity index (χ4v) is 3.83. The molecule has 0 aliphatic carbocycles. The molecule has 3 aromatic heterocycles. The van der Waals surface area contributed by atoms with Crippen LogP contribution in [0.3, 0.4) is 0 Å². The SMILES string of the molecule is CCCC(O)(c1ccccc1)c1cc(-c2c[nH]c3ncc(Br)cc23)nc(N)n1. The van der Waals surface area contributed by atoms with E-state index in [4.69, 9.17) is 5.73 Å². The summed E-state index contributed by atoms with van der Waals surface area (Å²) in [6.45, 7) is 2.03. The summed E-state index contributed by atoms with van der Waals surface area (Å²) in [6, 6.07) is 13.3. The van der Waals surface area contributed by atoms with E-state index >= 15 is 0 Å². The highest BCUT2D eigenvalue weighted by Crippen LogP contribution is 2.36. The van der Waals surface area contributed by atoms with E-state index in [0.717, 1.165) is 33.1 Å². The van der Waals surface area contributed by atoms with Gasteiger partial charge in [0.1, 0.15) is 11.2 Å². The number of H-pyrrole nitrogens is 1. The van der Waals surface area contributed by atoms with E-state index in [1.807, 2.05) is 55.6 Å². The van der Waals surface area contributed by atoms with Gasteiger partial charge in [-0.2, -0.15) is 0 Å². The first-order chi connectivity index (χ1) is 13.5. The van der Waals surface area contributed by atoms with Gasteiger partial charge in [0.05, 0.1) is 11.4 Å². The van der Waals surface area contributed by atoms with Crippen molar-refractivity contribution in [3.8, 4) is 11.3 Å². The molecule has 28 heavy (non-hydrogen) atoms. The Morgan fingerprint density at radius 1 is 1.18 bits per heavy atom. The van der Waals surface area contributed by atoms with Gasteiger partial charge in [0, 0.05) is 27.8 Å². The number of anilines is 1. The molecule has 4 aromatic rings. The van der Waals surface area contributed by atoms with Crippen LogP contribution in [0, 0.1) is 0 Å². The summed E-state index contributed by atoms with van der Waals surface area (Å²) < 4.78 is 0.870. The lowest BCUT2D eigenvalue weighted by atomic mass is 9.85. The van der Waals surface area contributed by atoms with Gasteiger partial charge < -0.3 is 15.8 Å². The van der Waals surface area contributed by atoms with E-state index < -0.39 is 5.60 Å². The number of pyridine rings is 1. The Bertz CT molecular complexity index is 1130. The number of fused-ring (bicyclic) bond motifs is 1. The van der Waals surface area contributed by atoms with Crippen molar-refractivity contribution in [3.05, 3.63) is 70.6 Å². The zero-order valence-electron chi connectivity index (χ0n) is 15.4. The number of aromatic nitrogens is 4. The third-order valence-electron chi connectivity index (χ3n) is 4.80. The summed E-state index contributed by atoms with van der Waals surface area (Å²) in [5, 5.41) is 12.5. The van der Waals surface area contributed by atoms with Gasteiger partial charge in [-0.25, -0.2) is 15.0 Å². The van der Waals surface area contributed by atoms with Crippen LogP contribution in [-0.4, -0.2) is 25.0 Å². The van der Waals surface area contributed by atoms with Crippen molar-refractivity contribution >= 4 is 32.9 Å². The predicted octanol–water partition coefficient (Wildman–Crippen LogP) is 4.40. The maximum absolute atomic E-state index is 11.6. The number of nitrogens with two attached hydrogens (primary N) is 1. The van der Waals surface area contributed by atoms with Crippen molar-refractivity contribution in [1.29, 1.82) is 0 Å². The minimum absolute atomic E-state index is 0.121. The Morgan fingerprint density at radius 2 is 1.96 bits per heavy atom. The topological polar surface area (TPSA) is 101 Å². The summed E-state index contributed by atoms with van der Waals surface area (Å²) in [6.07, 6.45) is 4.89. The van der Waals surface area contributed by atoms with Crippen molar-refractivity contribution in [1.82, 2.24) is 19.9 Å². The second-order valence-corrected chi connectivity index (χ2v) is 7.64. The minimum atomic E-state index is -1.24. The minimum Gasteiger partial charge on any atom is -0.379 e. The zero-order valence-corrected chi connectivity index (χ0v) is 16.9. The molecule has 4 N–H and O–H groups in total. The molecule has 1 atom stereocenters. The molecule has 0 aliphatic heterocycles. The fraction of sp³-hybridized carbons (Fsp3) is 0.190. The first-order valence-corrected chi connectivity index (χ1v) is 9.86. The van der Waals surface area contributed by atoms with Gasteiger partial charge in [0.2, 0.25) is 5.95 Å². The average Bonchev–Trinajstić information content (AvgIpc) is 3.11. The lowest BCUT2D eigenvalue weighted by Crippen LogP contribution is -2.29. The summed E-state index contributed by atoms with van der Waals surface area (Å²) in [7, 11) is 0. The van der Waals surface area contributed by atoms with Crippen molar-refractivity contribution in [2.45, 2.75) is 25.4 Å². The largest absolute Gasteiger partial charge is 0.379 e. The second kappa shape index (κ2) is 7.33. The Morgan fingerprint density at radius 3 is 2.71 bits per heavy atom. The van der Waals surface area contributed by atoms with Crippen LogP contribution < -0.4 is 5.73 Å². The number of nitrogens with zero attached hydrogens (tertiary/aromatic N) is 3. The van der Waals surface area contributed by atoms with Gasteiger partial charge in [-0.15, -0.1) is 0 Å². The quantitative estimate of drug-likeness (QED) is 0.429. The standard InChI is InChI=1S/C21H20BrN5O/c1-2-8-21(28,13-6-4-3-5-7-13)18-10-17(26-20(23)27-18)16-12-25-19-15(16)9-14(22)11-24-19/h3-7,9-12,28H,2,8H2,1H3,(H,24,25)(H2,23,26,27). The van der Waals surface area contributed by atoms with Gasteiger partial charge in [-0.05, 0) is 40.0 Å². The maximum Gasteiger partial charge on any atom is 0.220 e. The molecule has 0 aliphatic rings. The monoisotopic (exact) mass is 437 g/mol. The van der Waals surface area contributed by atoms with Crippen molar-refractivity contribution in [3.63, 3.8) is 0 Å². The molecule has 3 heterocycles. The number of nitrogens with one attached hydrogen (secondary N) is 1. The van der Waals surface area contributed by atoms with Gasteiger partial charge in [-0.3, -0.25) is 0 Å². The van der Waals surface area contributed by atoms with E-state index in [2.05, 4.69) is 35.9 Å². The number of hydrogen-bond acceptors (Lipinski definition) is 5. The van der Waals surface area contributed by atoms with Crippen LogP contribution in [0.2, 0.25) is 0 Å². The third-order valence-corrected chi connectivity index (χ3v) is 5.24. The van der Waals surface area contributed by atoms with Crippen LogP contribution in [0.4, 0.5) is 5.95 Å². The first-order valence-electron chi connectivity index (χ1n) is 9.07. The smallest absolute Gasteiger partial charge is 0.220 e. The van der Waals surface area contributed by atoms with Crippen LogP contribution in [0.1, 0.15) is 31.0 Å². The highest BCUT2D eigenvalue weighted by Gasteiger charge is 2.33. The van der Waals surface area contributed by atoms with E-state index in [1.54, 1.807) is 6.20 Å². The van der Waals surface area contributed by atoms with Gasteiger partial charge in [0.25, 0.3) is 0 Å². The predicted molar refractivity (Wildman–Crippen MR) is 114 cm³/mol. The molecule has 7 heteroatoms. The summed E-state index contributed by atoms with van der Waals surface area (Å²) in [4.78, 5) is 16.3. The number of hydrogen-bond donors (Lipinski definition) is 3. The molecule has 1 aromatic carbocycles. The van der Waals surface area contributed by atoms with Gasteiger partial charge in [0.15, 0.2) is 0 Å². The molecule has 0 amide bonds. The van der Waals surface area contributed by atoms with Crippen LogP contribution in [0.15, 0.2) is 59.3 Å². The van der Waals surface area contributed by atoms with Crippen LogP contribution >= 0.6 is 15.9 Å². The molecule has 0 saturated heterocycles. The van der Waals surface area contributed by atoms with Crippen molar-refractivity contribution < 1.29 is 5.11 Å². The molecule has 142 valence electrons. The van der Waals surface area contributed by atoms with Gasteiger partial charge in [-0.1, -0.05) is 43.7 Å². The summed E-state index contributed by atoms with van der Waals surface area (Å²) in [5.74, 6) is 0.121. The van der Waals surface area contributed by atoms with Crippen molar-refractivity contribution in [2.75, 3.05) is 5.73 Å². The highest BCUT2D eigenvalue weighted by atomic mass is 79.9. The van der Waals surface area contributed by atoms with Crippen LogP contribution in [0.5, 0.6) is 0 Å². The lowest BCUT2D eigenvalue weighted by molar-refractivity contribution is 0.0657. The second-order valence-electron chi connectivity index (χ2n) is 6.72. The molecular weight excluding hydrogens is 418 g/mol. The van der Waals surface area contributed by atoms with Crippen molar-refractivity contribution in [2.24, 2.45) is 0 Å². The Labute approximate surface area is 171 Å². The normalized spacial score (nSPS) is 13.5.